The summed E-state index contributed by atoms with van der Waals surface area (Å²) in [6.45, 7) is 2.04. The van der Waals surface area contributed by atoms with Crippen molar-refractivity contribution in [3.63, 3.8) is 0 Å². The lowest BCUT2D eigenvalue weighted by molar-refractivity contribution is 0.480. The van der Waals surface area contributed by atoms with Crippen LogP contribution in [0.3, 0.4) is 0 Å². The summed E-state index contributed by atoms with van der Waals surface area (Å²) in [5.41, 5.74) is 6.29. The Kier molecular flexibility index (Phi) is 5.39. The number of benzene rings is 2. The van der Waals surface area contributed by atoms with Gasteiger partial charge in [-0.25, -0.2) is 0 Å². The van der Waals surface area contributed by atoms with Crippen LogP contribution in [0.2, 0.25) is 10.0 Å². The van der Waals surface area contributed by atoms with Crippen molar-refractivity contribution >= 4 is 40.8 Å². The minimum atomic E-state index is -0.0263. The molecule has 110 valence electrons. The van der Waals surface area contributed by atoms with Gasteiger partial charge >= 0.3 is 0 Å². The molecule has 3 nitrogen and oxygen atoms in total. The monoisotopic (exact) mass is 340 g/mol. The summed E-state index contributed by atoms with van der Waals surface area (Å²) >= 11 is 13.5. The molecule has 0 aromatic heterocycles. The van der Waals surface area contributed by atoms with Crippen molar-refractivity contribution in [1.82, 2.24) is 0 Å². The van der Waals surface area contributed by atoms with Crippen molar-refractivity contribution in [2.24, 2.45) is 5.73 Å². The molecule has 0 heterocycles. The zero-order valence-corrected chi connectivity index (χ0v) is 13.6. The van der Waals surface area contributed by atoms with E-state index in [0.29, 0.717) is 27.1 Å². The number of amidine groups is 1. The van der Waals surface area contributed by atoms with Gasteiger partial charge in [0.1, 0.15) is 17.3 Å². The summed E-state index contributed by atoms with van der Waals surface area (Å²) in [4.78, 5) is 0.919. The number of hydrogen-bond acceptors (Lipinski definition) is 3. The zero-order valence-electron chi connectivity index (χ0n) is 11.3. The summed E-state index contributed by atoms with van der Waals surface area (Å²) in [7, 11) is 0. The van der Waals surface area contributed by atoms with Crippen LogP contribution in [0.25, 0.3) is 0 Å². The van der Waals surface area contributed by atoms with Crippen molar-refractivity contribution in [3.05, 3.63) is 52.0 Å². The molecule has 0 aliphatic heterocycles. The fourth-order valence-corrected chi connectivity index (χ4v) is 2.93. The molecule has 0 saturated carbocycles. The Hall–Kier alpha value is -1.36. The third-order valence-corrected chi connectivity index (χ3v) is 4.35. The van der Waals surface area contributed by atoms with Gasteiger partial charge in [-0.2, -0.15) is 0 Å². The standard InChI is InChI=1S/C15H14Cl2N2OS/c1-2-21-13-5-3-4-12(14(13)15(18)19)20-9-6-7-10(16)11(17)8-9/h3-8H,2H2,1H3,(H3,18,19). The first-order valence-electron chi connectivity index (χ1n) is 6.26. The van der Waals surface area contributed by atoms with Crippen molar-refractivity contribution in [3.8, 4) is 11.5 Å². The van der Waals surface area contributed by atoms with E-state index in [2.05, 4.69) is 0 Å². The Bertz CT molecular complexity index is 677. The van der Waals surface area contributed by atoms with Crippen molar-refractivity contribution in [2.45, 2.75) is 11.8 Å². The number of nitrogens with two attached hydrogens (primary N) is 1. The number of rotatable bonds is 5. The van der Waals surface area contributed by atoms with E-state index in [0.717, 1.165) is 10.6 Å². The highest BCUT2D eigenvalue weighted by molar-refractivity contribution is 7.99. The third kappa shape index (κ3) is 3.84. The quantitative estimate of drug-likeness (QED) is 0.447. The first-order chi connectivity index (χ1) is 10.0. The third-order valence-electron chi connectivity index (χ3n) is 2.68. The number of ether oxygens (including phenoxy) is 1. The lowest BCUT2D eigenvalue weighted by Gasteiger charge is -2.14. The topological polar surface area (TPSA) is 59.1 Å². The van der Waals surface area contributed by atoms with Gasteiger partial charge in [-0.15, -0.1) is 11.8 Å². The summed E-state index contributed by atoms with van der Waals surface area (Å²) in [5, 5.41) is 8.65. The number of nitrogen functional groups attached to an aromatic ring is 1. The van der Waals surface area contributed by atoms with Gasteiger partial charge in [0, 0.05) is 11.0 Å². The van der Waals surface area contributed by atoms with Gasteiger partial charge in [0.05, 0.1) is 15.6 Å². The molecule has 0 aliphatic carbocycles. The van der Waals surface area contributed by atoms with Crippen LogP contribution >= 0.6 is 35.0 Å². The van der Waals surface area contributed by atoms with Crippen LogP contribution in [0.15, 0.2) is 41.3 Å². The molecule has 0 radical (unpaired) electrons. The lowest BCUT2D eigenvalue weighted by atomic mass is 10.2. The highest BCUT2D eigenvalue weighted by Gasteiger charge is 2.13. The molecule has 0 unspecified atom stereocenters. The predicted octanol–water partition coefficient (Wildman–Crippen LogP) is 5.18. The molecule has 0 bridgehead atoms. The predicted molar refractivity (Wildman–Crippen MR) is 90.4 cm³/mol. The Morgan fingerprint density at radius 2 is 2.00 bits per heavy atom. The molecule has 2 rings (SSSR count). The Labute approximate surface area is 137 Å². The Balaban J connectivity index is 2.41. The van der Waals surface area contributed by atoms with Crippen LogP contribution in [-0.2, 0) is 0 Å². The SMILES string of the molecule is CCSc1cccc(Oc2ccc(Cl)c(Cl)c2)c1C(=N)N. The second-order valence-corrected chi connectivity index (χ2v) is 6.27. The van der Waals surface area contributed by atoms with E-state index in [1.807, 2.05) is 19.1 Å². The minimum Gasteiger partial charge on any atom is -0.457 e. The van der Waals surface area contributed by atoms with Gasteiger partial charge in [0.15, 0.2) is 0 Å². The van der Waals surface area contributed by atoms with E-state index in [1.165, 1.54) is 0 Å². The Morgan fingerprint density at radius 3 is 2.62 bits per heavy atom. The smallest absolute Gasteiger partial charge is 0.139 e. The molecule has 2 aromatic rings. The largest absolute Gasteiger partial charge is 0.457 e. The molecule has 0 spiro atoms. The van der Waals surface area contributed by atoms with E-state index in [9.17, 15) is 0 Å². The average Bonchev–Trinajstić information content (AvgIpc) is 2.43. The number of thioether (sulfide) groups is 1. The van der Waals surface area contributed by atoms with Crippen molar-refractivity contribution < 1.29 is 4.74 Å². The molecule has 0 amide bonds. The normalized spacial score (nSPS) is 10.4. The summed E-state index contributed by atoms with van der Waals surface area (Å²) in [6, 6.07) is 10.6. The van der Waals surface area contributed by atoms with E-state index in [1.54, 1.807) is 36.0 Å². The van der Waals surface area contributed by atoms with Crippen molar-refractivity contribution in [1.29, 1.82) is 5.41 Å². The maximum atomic E-state index is 7.77. The molecule has 6 heteroatoms. The highest BCUT2D eigenvalue weighted by Crippen LogP contribution is 2.34. The maximum Gasteiger partial charge on any atom is 0.139 e. The maximum absolute atomic E-state index is 7.77. The van der Waals surface area contributed by atoms with Crippen LogP contribution in [0.4, 0.5) is 0 Å². The molecule has 0 fully saturated rings. The first kappa shape index (κ1) is 16.0. The van der Waals surface area contributed by atoms with Gasteiger partial charge in [0.2, 0.25) is 0 Å². The second kappa shape index (κ2) is 7.07. The van der Waals surface area contributed by atoms with Crippen LogP contribution in [-0.4, -0.2) is 11.6 Å². The molecule has 21 heavy (non-hydrogen) atoms. The van der Waals surface area contributed by atoms with Gasteiger partial charge in [-0.3, -0.25) is 5.41 Å². The van der Waals surface area contributed by atoms with Crippen LogP contribution in [0, 0.1) is 5.41 Å². The molecule has 3 N–H and O–H groups in total. The van der Waals surface area contributed by atoms with Gasteiger partial charge in [0.25, 0.3) is 0 Å². The first-order valence-corrected chi connectivity index (χ1v) is 8.00. The molecular weight excluding hydrogens is 327 g/mol. The summed E-state index contributed by atoms with van der Waals surface area (Å²) in [6.07, 6.45) is 0. The van der Waals surface area contributed by atoms with E-state index < -0.39 is 0 Å². The fraction of sp³-hybridized carbons (Fsp3) is 0.133. The molecular formula is C15H14Cl2N2OS. The van der Waals surface area contributed by atoms with Crippen LogP contribution in [0.5, 0.6) is 11.5 Å². The molecule has 2 aromatic carbocycles. The van der Waals surface area contributed by atoms with E-state index in [-0.39, 0.29) is 5.84 Å². The van der Waals surface area contributed by atoms with Gasteiger partial charge < -0.3 is 10.5 Å². The molecule has 0 atom stereocenters. The average molecular weight is 341 g/mol. The number of halogens is 2. The van der Waals surface area contributed by atoms with Crippen LogP contribution < -0.4 is 10.5 Å². The molecule has 0 saturated heterocycles. The fourth-order valence-electron chi connectivity index (χ4n) is 1.80. The van der Waals surface area contributed by atoms with Crippen LogP contribution in [0.1, 0.15) is 12.5 Å². The summed E-state index contributed by atoms with van der Waals surface area (Å²) < 4.78 is 5.82. The lowest BCUT2D eigenvalue weighted by Crippen LogP contribution is -2.13. The molecule has 0 aliphatic rings. The van der Waals surface area contributed by atoms with Gasteiger partial charge in [-0.05, 0) is 30.0 Å². The number of nitrogens with one attached hydrogen (secondary N) is 1. The van der Waals surface area contributed by atoms with E-state index >= 15 is 0 Å². The number of hydrogen-bond donors (Lipinski definition) is 2. The summed E-state index contributed by atoms with van der Waals surface area (Å²) in [5.74, 6) is 1.93. The van der Waals surface area contributed by atoms with Crippen molar-refractivity contribution in [2.75, 3.05) is 5.75 Å². The van der Waals surface area contributed by atoms with Gasteiger partial charge in [-0.1, -0.05) is 36.2 Å². The van der Waals surface area contributed by atoms with E-state index in [4.69, 9.17) is 39.1 Å². The zero-order chi connectivity index (χ0) is 15.4. The highest BCUT2D eigenvalue weighted by atomic mass is 35.5. The minimum absolute atomic E-state index is 0.0263. The second-order valence-electron chi connectivity index (χ2n) is 4.15. The Morgan fingerprint density at radius 1 is 1.24 bits per heavy atom.